The average molecular weight is 285 g/mol. The Morgan fingerprint density at radius 1 is 1.19 bits per heavy atom. The molecule has 0 aliphatic heterocycles. The third-order valence-corrected chi connectivity index (χ3v) is 3.36. The number of hydrogen-bond donors (Lipinski definition) is 2. The number of fused-ring (bicyclic) bond motifs is 1. The van der Waals surface area contributed by atoms with E-state index in [0.29, 0.717) is 11.6 Å². The van der Waals surface area contributed by atoms with Crippen molar-refractivity contribution in [2.24, 2.45) is 11.7 Å². The van der Waals surface area contributed by atoms with Gasteiger partial charge < -0.3 is 15.6 Å². The molecular formula is C18H27N3. The Balaban J connectivity index is 0.000000240. The summed E-state index contributed by atoms with van der Waals surface area (Å²) in [7, 11) is 4.03. The number of aromatic amines is 1. The van der Waals surface area contributed by atoms with Crippen LogP contribution in [-0.4, -0.2) is 24.0 Å². The predicted molar refractivity (Wildman–Crippen MR) is 93.9 cm³/mol. The minimum atomic E-state index is 0.574. The molecule has 3 N–H and O–H groups in total. The van der Waals surface area contributed by atoms with Crippen LogP contribution in [0.25, 0.3) is 16.6 Å². The lowest BCUT2D eigenvalue weighted by atomic mass is 10.1. The lowest BCUT2D eigenvalue weighted by Gasteiger charge is -2.18. The van der Waals surface area contributed by atoms with Crippen molar-refractivity contribution in [3.05, 3.63) is 54.4 Å². The first kappa shape index (κ1) is 16.9. The third-order valence-electron chi connectivity index (χ3n) is 3.36. The van der Waals surface area contributed by atoms with Gasteiger partial charge in [0.05, 0.1) is 5.69 Å². The largest absolute Gasteiger partial charge is 0.398 e. The van der Waals surface area contributed by atoms with E-state index in [-0.39, 0.29) is 0 Å². The van der Waals surface area contributed by atoms with Gasteiger partial charge in [0, 0.05) is 36.4 Å². The Morgan fingerprint density at radius 2 is 1.81 bits per heavy atom. The number of H-pyrrole nitrogens is 1. The fraction of sp³-hybridized carbons (Fsp3) is 0.333. The van der Waals surface area contributed by atoms with Crippen LogP contribution in [0.15, 0.2) is 43.1 Å². The molecule has 0 amide bonds. The quantitative estimate of drug-likeness (QED) is 0.891. The number of nitrogens with one attached hydrogen (secondary N) is 1. The first-order chi connectivity index (χ1) is 9.72. The van der Waals surface area contributed by atoms with Gasteiger partial charge in [-0.15, -0.1) is 0 Å². The van der Waals surface area contributed by atoms with Crippen molar-refractivity contribution in [3.8, 4) is 0 Å². The molecule has 0 fully saturated rings. The highest BCUT2D eigenvalue weighted by Crippen LogP contribution is 2.18. The van der Waals surface area contributed by atoms with Gasteiger partial charge >= 0.3 is 0 Å². The Kier molecular flexibility index (Phi) is 5.65. The summed E-state index contributed by atoms with van der Waals surface area (Å²) >= 11 is 0. The fourth-order valence-corrected chi connectivity index (χ4v) is 1.94. The molecule has 21 heavy (non-hydrogen) atoms. The fourth-order valence-electron chi connectivity index (χ4n) is 1.94. The molecule has 3 nitrogen and oxygen atoms in total. The number of aryl methyl sites for hydroxylation is 1. The van der Waals surface area contributed by atoms with E-state index in [2.05, 4.69) is 57.1 Å². The molecule has 0 saturated carbocycles. The highest BCUT2D eigenvalue weighted by Gasteiger charge is 2.01. The topological polar surface area (TPSA) is 45.0 Å². The monoisotopic (exact) mass is 285 g/mol. The Morgan fingerprint density at radius 3 is 2.24 bits per heavy atom. The Hall–Kier alpha value is -2.16. The summed E-state index contributed by atoms with van der Waals surface area (Å²) in [4.78, 5) is 5.24. The summed E-state index contributed by atoms with van der Waals surface area (Å²) < 4.78 is 0. The van der Waals surface area contributed by atoms with E-state index in [4.69, 9.17) is 5.73 Å². The van der Waals surface area contributed by atoms with Crippen molar-refractivity contribution in [2.75, 3.05) is 14.1 Å². The molecule has 0 aliphatic rings. The molecular weight excluding hydrogens is 258 g/mol. The smallest absolute Gasteiger partial charge is 0.0618 e. The molecule has 1 aromatic heterocycles. The molecule has 1 aromatic carbocycles. The summed E-state index contributed by atoms with van der Waals surface area (Å²) in [6.07, 6.45) is 0. The standard InChI is InChI=1S/C11H12N2.C7H15N/c1-7-3-4-10-9(5-7)6-11(13-10)8(2)12;1-6(2)7(3)8(4)5/h3-6,13H,2,12H2,1H3;6H,3H2,1-2,4-5H3. The normalized spacial score (nSPS) is 10.2. The summed E-state index contributed by atoms with van der Waals surface area (Å²) in [5.74, 6) is 0.574. The zero-order valence-corrected chi connectivity index (χ0v) is 13.8. The minimum absolute atomic E-state index is 0.574. The number of hydrogen-bond acceptors (Lipinski definition) is 2. The van der Waals surface area contributed by atoms with Crippen LogP contribution in [0.1, 0.15) is 25.1 Å². The van der Waals surface area contributed by atoms with Crippen molar-refractivity contribution in [2.45, 2.75) is 20.8 Å². The summed E-state index contributed by atoms with van der Waals surface area (Å²) in [5, 5.41) is 1.18. The number of nitrogens with two attached hydrogens (primary N) is 1. The Labute approximate surface area is 128 Å². The molecule has 2 rings (SSSR count). The Bertz CT molecular complexity index is 623. The number of allylic oxidation sites excluding steroid dienone is 1. The van der Waals surface area contributed by atoms with E-state index in [9.17, 15) is 0 Å². The minimum Gasteiger partial charge on any atom is -0.398 e. The maximum absolute atomic E-state index is 5.59. The van der Waals surface area contributed by atoms with Gasteiger partial charge in [-0.05, 0) is 31.0 Å². The zero-order valence-electron chi connectivity index (χ0n) is 13.8. The van der Waals surface area contributed by atoms with E-state index < -0.39 is 0 Å². The molecule has 1 heterocycles. The van der Waals surface area contributed by atoms with Crippen LogP contribution in [-0.2, 0) is 0 Å². The van der Waals surface area contributed by atoms with Crippen LogP contribution in [0.5, 0.6) is 0 Å². The average Bonchev–Trinajstić information content (AvgIpc) is 2.81. The van der Waals surface area contributed by atoms with Crippen LogP contribution in [0.4, 0.5) is 0 Å². The van der Waals surface area contributed by atoms with Crippen molar-refractivity contribution < 1.29 is 0 Å². The first-order valence-corrected chi connectivity index (χ1v) is 7.12. The highest BCUT2D eigenvalue weighted by atomic mass is 15.1. The predicted octanol–water partition coefficient (Wildman–Crippen LogP) is 4.12. The van der Waals surface area contributed by atoms with Gasteiger partial charge in [-0.1, -0.05) is 38.6 Å². The maximum Gasteiger partial charge on any atom is 0.0618 e. The van der Waals surface area contributed by atoms with Gasteiger partial charge in [0.1, 0.15) is 0 Å². The molecule has 114 valence electrons. The molecule has 0 unspecified atom stereocenters. The molecule has 0 bridgehead atoms. The van der Waals surface area contributed by atoms with Gasteiger partial charge in [0.25, 0.3) is 0 Å². The second kappa shape index (κ2) is 7.02. The lowest BCUT2D eigenvalue weighted by molar-refractivity contribution is 0.449. The highest BCUT2D eigenvalue weighted by molar-refractivity contribution is 5.84. The van der Waals surface area contributed by atoms with Crippen LogP contribution in [0.3, 0.4) is 0 Å². The van der Waals surface area contributed by atoms with Gasteiger partial charge in [-0.25, -0.2) is 0 Å². The van der Waals surface area contributed by atoms with Crippen LogP contribution in [0, 0.1) is 12.8 Å². The SMILES string of the molecule is C=C(C(C)C)N(C)C.C=C(N)c1cc2cc(C)ccc2[nH]1. The van der Waals surface area contributed by atoms with E-state index in [0.717, 1.165) is 11.2 Å². The van der Waals surface area contributed by atoms with Crippen LogP contribution >= 0.6 is 0 Å². The van der Waals surface area contributed by atoms with Crippen molar-refractivity contribution in [1.82, 2.24) is 9.88 Å². The number of benzene rings is 1. The van der Waals surface area contributed by atoms with Crippen LogP contribution in [0.2, 0.25) is 0 Å². The number of aromatic nitrogens is 1. The van der Waals surface area contributed by atoms with Gasteiger partial charge in [-0.3, -0.25) is 0 Å². The summed E-state index contributed by atoms with van der Waals surface area (Å²) in [6, 6.07) is 8.27. The van der Waals surface area contributed by atoms with Gasteiger partial charge in [-0.2, -0.15) is 0 Å². The second-order valence-corrected chi connectivity index (χ2v) is 5.84. The molecule has 2 aromatic rings. The maximum atomic E-state index is 5.59. The molecule has 0 aliphatic carbocycles. The number of rotatable bonds is 3. The lowest BCUT2D eigenvalue weighted by Crippen LogP contribution is -2.13. The molecule has 0 radical (unpaired) electrons. The van der Waals surface area contributed by atoms with E-state index in [1.54, 1.807) is 0 Å². The van der Waals surface area contributed by atoms with E-state index in [1.807, 2.05) is 25.1 Å². The molecule has 0 saturated heterocycles. The van der Waals surface area contributed by atoms with E-state index >= 15 is 0 Å². The van der Waals surface area contributed by atoms with Crippen molar-refractivity contribution >= 4 is 16.6 Å². The van der Waals surface area contributed by atoms with Crippen molar-refractivity contribution in [1.29, 1.82) is 0 Å². The molecule has 3 heteroatoms. The molecule has 0 spiro atoms. The van der Waals surface area contributed by atoms with Crippen molar-refractivity contribution in [3.63, 3.8) is 0 Å². The third kappa shape index (κ3) is 4.71. The van der Waals surface area contributed by atoms with E-state index in [1.165, 1.54) is 16.6 Å². The van der Waals surface area contributed by atoms with Gasteiger partial charge in [0.2, 0.25) is 0 Å². The van der Waals surface area contributed by atoms with Crippen LogP contribution < -0.4 is 5.73 Å². The first-order valence-electron chi connectivity index (χ1n) is 7.12. The number of nitrogens with zero attached hydrogens (tertiary/aromatic N) is 1. The second-order valence-electron chi connectivity index (χ2n) is 5.84. The zero-order chi connectivity index (χ0) is 16.2. The summed E-state index contributed by atoms with van der Waals surface area (Å²) in [5.41, 5.74) is 10.6. The van der Waals surface area contributed by atoms with Gasteiger partial charge in [0.15, 0.2) is 0 Å². The molecule has 0 atom stereocenters. The summed E-state index contributed by atoms with van der Waals surface area (Å²) in [6.45, 7) is 13.9.